The number of nitrogens with one attached hydrogen (secondary N) is 1. The van der Waals surface area contributed by atoms with Crippen molar-refractivity contribution in [2.24, 2.45) is 0 Å². The summed E-state index contributed by atoms with van der Waals surface area (Å²) in [5.41, 5.74) is 2.46. The monoisotopic (exact) mass is 534 g/mol. The minimum Gasteiger partial charge on any atom is -0.490 e. The fourth-order valence-electron chi connectivity index (χ4n) is 3.16. The highest BCUT2D eigenvalue weighted by atomic mass is 79.9. The smallest absolute Gasteiger partial charge is 0.335 e. The fourth-order valence-corrected chi connectivity index (χ4v) is 3.74. The van der Waals surface area contributed by atoms with Crippen molar-refractivity contribution in [3.05, 3.63) is 99.0 Å². The molecular weight excluding hydrogens is 512 g/mol. The van der Waals surface area contributed by atoms with Crippen LogP contribution in [0.4, 0.5) is 0 Å². The molecule has 7 nitrogen and oxygen atoms in total. The van der Waals surface area contributed by atoms with Crippen LogP contribution in [-0.4, -0.2) is 23.6 Å². The molecule has 0 saturated carbocycles. The predicted molar refractivity (Wildman–Crippen MR) is 135 cm³/mol. The highest BCUT2D eigenvalue weighted by Gasteiger charge is 2.15. The lowest BCUT2D eigenvalue weighted by Crippen LogP contribution is -2.23. The van der Waals surface area contributed by atoms with E-state index in [0.29, 0.717) is 34.7 Å². The average Bonchev–Trinajstić information content (AvgIpc) is 2.86. The normalized spacial score (nSPS) is 10.8. The van der Waals surface area contributed by atoms with Gasteiger partial charge in [-0.25, -0.2) is 4.79 Å². The van der Waals surface area contributed by atoms with Crippen LogP contribution in [0.15, 0.2) is 76.8 Å². The number of carbonyl (C=O) groups is 2. The molecule has 3 aromatic rings. The van der Waals surface area contributed by atoms with Crippen LogP contribution in [0.3, 0.4) is 0 Å². The van der Waals surface area contributed by atoms with E-state index in [2.05, 4.69) is 21.2 Å². The molecule has 178 valence electrons. The highest BCUT2D eigenvalue weighted by molar-refractivity contribution is 9.10. The SMILES string of the molecule is CCOc1cc(/C=C(\C#N)C(=O)NCc2ccccc2)cc(Br)c1OCc1ccc(C(=O)O)cc1. The summed E-state index contributed by atoms with van der Waals surface area (Å²) in [6.45, 7) is 2.72. The third kappa shape index (κ3) is 7.19. The lowest BCUT2D eigenvalue weighted by Gasteiger charge is -2.15. The van der Waals surface area contributed by atoms with E-state index >= 15 is 0 Å². The molecule has 0 atom stereocenters. The Labute approximate surface area is 211 Å². The van der Waals surface area contributed by atoms with Gasteiger partial charge in [0.1, 0.15) is 18.2 Å². The predicted octanol–water partition coefficient (Wildman–Crippen LogP) is 5.35. The Kier molecular flexibility index (Phi) is 9.04. The van der Waals surface area contributed by atoms with Gasteiger partial charge in [0.2, 0.25) is 0 Å². The Hall–Kier alpha value is -4.09. The molecule has 0 unspecified atom stereocenters. The third-order valence-electron chi connectivity index (χ3n) is 4.89. The van der Waals surface area contributed by atoms with Crippen molar-refractivity contribution in [1.29, 1.82) is 5.26 Å². The van der Waals surface area contributed by atoms with Gasteiger partial charge in [-0.05, 0) is 69.9 Å². The number of rotatable bonds is 10. The summed E-state index contributed by atoms with van der Waals surface area (Å²) >= 11 is 3.49. The number of ether oxygens (including phenoxy) is 2. The molecule has 0 aromatic heterocycles. The van der Waals surface area contributed by atoms with Crippen LogP contribution in [-0.2, 0) is 17.9 Å². The van der Waals surface area contributed by atoms with Crippen molar-refractivity contribution in [2.45, 2.75) is 20.1 Å². The minimum atomic E-state index is -0.993. The summed E-state index contributed by atoms with van der Waals surface area (Å²) in [7, 11) is 0. The van der Waals surface area contributed by atoms with Crippen molar-refractivity contribution in [3.63, 3.8) is 0 Å². The first-order chi connectivity index (χ1) is 16.9. The fraction of sp³-hybridized carbons (Fsp3) is 0.148. The van der Waals surface area contributed by atoms with Gasteiger partial charge < -0.3 is 19.9 Å². The topological polar surface area (TPSA) is 109 Å². The lowest BCUT2D eigenvalue weighted by molar-refractivity contribution is -0.117. The lowest BCUT2D eigenvalue weighted by atomic mass is 10.1. The van der Waals surface area contributed by atoms with Gasteiger partial charge >= 0.3 is 5.97 Å². The number of halogens is 1. The zero-order valence-corrected chi connectivity index (χ0v) is 20.5. The number of benzene rings is 3. The maximum atomic E-state index is 12.5. The molecule has 0 saturated heterocycles. The number of aromatic carboxylic acids is 1. The van der Waals surface area contributed by atoms with E-state index in [1.807, 2.05) is 43.3 Å². The number of nitrogens with zero attached hydrogens (tertiary/aromatic N) is 1. The van der Waals surface area contributed by atoms with E-state index in [-0.39, 0.29) is 17.7 Å². The van der Waals surface area contributed by atoms with Crippen molar-refractivity contribution in [1.82, 2.24) is 5.32 Å². The second-order valence-electron chi connectivity index (χ2n) is 7.39. The number of carbonyl (C=O) groups excluding carboxylic acids is 1. The first-order valence-corrected chi connectivity index (χ1v) is 11.6. The maximum Gasteiger partial charge on any atom is 0.335 e. The summed E-state index contributed by atoms with van der Waals surface area (Å²) in [6.07, 6.45) is 1.49. The van der Waals surface area contributed by atoms with E-state index in [4.69, 9.17) is 14.6 Å². The molecule has 8 heteroatoms. The van der Waals surface area contributed by atoms with Gasteiger partial charge in [0.05, 0.1) is 16.6 Å². The van der Waals surface area contributed by atoms with Crippen molar-refractivity contribution >= 4 is 33.9 Å². The number of amides is 1. The van der Waals surface area contributed by atoms with Gasteiger partial charge in [-0.2, -0.15) is 5.26 Å². The molecule has 0 bridgehead atoms. The second kappa shape index (κ2) is 12.4. The molecule has 0 spiro atoms. The molecule has 0 aliphatic heterocycles. The Morgan fingerprint density at radius 1 is 1.06 bits per heavy atom. The van der Waals surface area contributed by atoms with Gasteiger partial charge in [0.25, 0.3) is 5.91 Å². The number of hydrogen-bond acceptors (Lipinski definition) is 5. The first kappa shape index (κ1) is 25.5. The van der Waals surface area contributed by atoms with Gasteiger partial charge in [0.15, 0.2) is 11.5 Å². The molecule has 2 N–H and O–H groups in total. The van der Waals surface area contributed by atoms with Crippen LogP contribution in [0.1, 0.15) is 34.0 Å². The van der Waals surface area contributed by atoms with Crippen LogP contribution in [0.5, 0.6) is 11.5 Å². The van der Waals surface area contributed by atoms with E-state index in [0.717, 1.165) is 11.1 Å². The Balaban J connectivity index is 1.77. The van der Waals surface area contributed by atoms with Crippen LogP contribution in [0.25, 0.3) is 6.08 Å². The molecule has 1 amide bonds. The maximum absolute atomic E-state index is 12.5. The summed E-state index contributed by atoms with van der Waals surface area (Å²) in [5, 5.41) is 21.3. The Morgan fingerprint density at radius 2 is 1.77 bits per heavy atom. The Bertz CT molecular complexity index is 1270. The number of nitriles is 1. The van der Waals surface area contributed by atoms with Gasteiger partial charge in [-0.15, -0.1) is 0 Å². The van der Waals surface area contributed by atoms with Gasteiger partial charge in [0, 0.05) is 6.54 Å². The summed E-state index contributed by atoms with van der Waals surface area (Å²) in [4.78, 5) is 23.6. The third-order valence-corrected chi connectivity index (χ3v) is 5.48. The molecule has 35 heavy (non-hydrogen) atoms. The van der Waals surface area contributed by atoms with Gasteiger partial charge in [-0.1, -0.05) is 42.5 Å². The molecule has 0 radical (unpaired) electrons. The van der Waals surface area contributed by atoms with Crippen LogP contribution < -0.4 is 14.8 Å². The standard InChI is InChI=1S/C27H23BrN2O5/c1-2-34-24-14-20(12-22(15-29)26(31)30-16-18-6-4-3-5-7-18)13-23(28)25(24)35-17-19-8-10-21(11-9-19)27(32)33/h3-14H,2,16-17H2,1H3,(H,30,31)(H,32,33)/b22-12+. The second-order valence-corrected chi connectivity index (χ2v) is 8.25. The quantitative estimate of drug-likeness (QED) is 0.268. The number of hydrogen-bond donors (Lipinski definition) is 2. The summed E-state index contributed by atoms with van der Waals surface area (Å²) in [5.74, 6) is -0.570. The van der Waals surface area contributed by atoms with E-state index in [1.165, 1.54) is 18.2 Å². The van der Waals surface area contributed by atoms with Crippen molar-refractivity contribution in [3.8, 4) is 17.6 Å². The summed E-state index contributed by atoms with van der Waals surface area (Å²) < 4.78 is 12.3. The van der Waals surface area contributed by atoms with Crippen LogP contribution in [0, 0.1) is 11.3 Å². The van der Waals surface area contributed by atoms with Gasteiger partial charge in [-0.3, -0.25) is 4.79 Å². The zero-order valence-electron chi connectivity index (χ0n) is 19.0. The Morgan fingerprint density at radius 3 is 2.40 bits per heavy atom. The van der Waals surface area contributed by atoms with E-state index in [1.54, 1.807) is 24.3 Å². The highest BCUT2D eigenvalue weighted by Crippen LogP contribution is 2.38. The van der Waals surface area contributed by atoms with Crippen molar-refractivity contribution < 1.29 is 24.2 Å². The zero-order chi connectivity index (χ0) is 25.2. The molecule has 0 fully saturated rings. The summed E-state index contributed by atoms with van der Waals surface area (Å²) in [6, 6.07) is 21.2. The average molecular weight is 535 g/mol. The number of carboxylic acids is 1. The molecule has 0 aliphatic rings. The minimum absolute atomic E-state index is 0.0394. The molecule has 3 aromatic carbocycles. The molecule has 0 heterocycles. The number of carboxylic acid groups (broad SMARTS) is 1. The molecular formula is C27H23BrN2O5. The largest absolute Gasteiger partial charge is 0.490 e. The molecule has 0 aliphatic carbocycles. The van der Waals surface area contributed by atoms with Crippen LogP contribution >= 0.6 is 15.9 Å². The van der Waals surface area contributed by atoms with E-state index < -0.39 is 11.9 Å². The van der Waals surface area contributed by atoms with Crippen LogP contribution in [0.2, 0.25) is 0 Å². The first-order valence-electron chi connectivity index (χ1n) is 10.8. The van der Waals surface area contributed by atoms with Crippen molar-refractivity contribution in [2.75, 3.05) is 6.61 Å². The van der Waals surface area contributed by atoms with E-state index in [9.17, 15) is 14.9 Å². The molecule has 3 rings (SSSR count).